The van der Waals surface area contributed by atoms with Gasteiger partial charge in [0.05, 0.1) is 0 Å². The zero-order chi connectivity index (χ0) is 20.8. The summed E-state index contributed by atoms with van der Waals surface area (Å²) in [6.07, 6.45) is 1.75. The number of amidine groups is 1. The molecule has 3 amide bonds. The van der Waals surface area contributed by atoms with Crippen LogP contribution >= 0.6 is 0 Å². The monoisotopic (exact) mass is 396 g/mol. The SMILES string of the molecule is O=C(NCN1C(=O)/C(=C\c2ccccc2)N=C1c1ccccc1)Nc1ccccc1. The van der Waals surface area contributed by atoms with Gasteiger partial charge in [0.2, 0.25) is 0 Å². The number of anilines is 1. The van der Waals surface area contributed by atoms with Crippen molar-refractivity contribution in [1.29, 1.82) is 0 Å². The Labute approximate surface area is 174 Å². The van der Waals surface area contributed by atoms with Crippen molar-refractivity contribution >= 4 is 29.5 Å². The van der Waals surface area contributed by atoms with Crippen LogP contribution in [0.1, 0.15) is 11.1 Å². The standard InChI is InChI=1S/C24H20N4O2/c29-23-21(16-18-10-4-1-5-11-18)27-22(19-12-6-2-7-13-19)28(23)17-25-24(30)26-20-14-8-3-9-15-20/h1-16H,17H2,(H2,25,26,30)/b21-16+. The number of hydrogen-bond donors (Lipinski definition) is 2. The Bertz CT molecular complexity index is 1090. The van der Waals surface area contributed by atoms with Crippen LogP contribution < -0.4 is 10.6 Å². The van der Waals surface area contributed by atoms with Crippen LogP contribution in [0.2, 0.25) is 0 Å². The van der Waals surface area contributed by atoms with Crippen molar-refractivity contribution in [1.82, 2.24) is 10.2 Å². The minimum Gasteiger partial charge on any atom is -0.320 e. The van der Waals surface area contributed by atoms with Crippen LogP contribution in [0.3, 0.4) is 0 Å². The van der Waals surface area contributed by atoms with Gasteiger partial charge in [-0.15, -0.1) is 0 Å². The van der Waals surface area contributed by atoms with Gasteiger partial charge in [-0.2, -0.15) is 0 Å². The summed E-state index contributed by atoms with van der Waals surface area (Å²) in [5.74, 6) is 0.237. The Hall–Kier alpha value is -4.19. The molecule has 0 radical (unpaired) electrons. The molecule has 0 fully saturated rings. The van der Waals surface area contributed by atoms with Crippen molar-refractivity contribution < 1.29 is 9.59 Å². The van der Waals surface area contributed by atoms with Crippen LogP contribution in [-0.4, -0.2) is 29.3 Å². The molecular weight excluding hydrogens is 376 g/mol. The van der Waals surface area contributed by atoms with Crippen molar-refractivity contribution in [2.24, 2.45) is 4.99 Å². The van der Waals surface area contributed by atoms with E-state index in [1.807, 2.05) is 78.9 Å². The van der Waals surface area contributed by atoms with E-state index >= 15 is 0 Å². The number of nitrogens with one attached hydrogen (secondary N) is 2. The fourth-order valence-electron chi connectivity index (χ4n) is 3.06. The number of aliphatic imine (C=N–C) groups is 1. The van der Waals surface area contributed by atoms with Crippen LogP contribution in [0.25, 0.3) is 6.08 Å². The Morgan fingerprint density at radius 3 is 2.13 bits per heavy atom. The smallest absolute Gasteiger partial charge is 0.320 e. The first-order chi connectivity index (χ1) is 14.7. The van der Waals surface area contributed by atoms with Gasteiger partial charge in [0.25, 0.3) is 5.91 Å². The second kappa shape index (κ2) is 8.87. The van der Waals surface area contributed by atoms with Gasteiger partial charge in [0.15, 0.2) is 0 Å². The third-order valence-corrected chi connectivity index (χ3v) is 4.51. The topological polar surface area (TPSA) is 73.8 Å². The maximum atomic E-state index is 13.0. The number of benzene rings is 3. The molecule has 0 atom stereocenters. The van der Waals surface area contributed by atoms with Gasteiger partial charge in [-0.05, 0) is 23.8 Å². The lowest BCUT2D eigenvalue weighted by Gasteiger charge is -2.19. The number of nitrogens with zero attached hydrogens (tertiary/aromatic N) is 2. The minimum atomic E-state index is -0.401. The highest BCUT2D eigenvalue weighted by Crippen LogP contribution is 2.21. The second-order valence-electron chi connectivity index (χ2n) is 6.63. The summed E-state index contributed by atoms with van der Waals surface area (Å²) in [5, 5.41) is 5.48. The number of urea groups is 1. The predicted molar refractivity (Wildman–Crippen MR) is 118 cm³/mol. The number of carbonyl (C=O) groups excluding carboxylic acids is 2. The summed E-state index contributed by atoms with van der Waals surface area (Å²) in [6, 6.07) is 27.7. The van der Waals surface area contributed by atoms with Gasteiger partial charge < -0.3 is 10.6 Å². The van der Waals surface area contributed by atoms with E-state index in [1.165, 1.54) is 4.90 Å². The predicted octanol–water partition coefficient (Wildman–Crippen LogP) is 4.10. The largest absolute Gasteiger partial charge is 0.320 e. The summed E-state index contributed by atoms with van der Waals surface area (Å²) in [4.78, 5) is 31.3. The van der Waals surface area contributed by atoms with E-state index < -0.39 is 6.03 Å². The van der Waals surface area contributed by atoms with Gasteiger partial charge in [0, 0.05) is 11.3 Å². The van der Waals surface area contributed by atoms with Gasteiger partial charge in [-0.3, -0.25) is 9.69 Å². The molecule has 0 saturated carbocycles. The highest BCUT2D eigenvalue weighted by molar-refractivity contribution is 6.19. The number of amides is 3. The molecule has 1 aliphatic heterocycles. The fraction of sp³-hybridized carbons (Fsp3) is 0.0417. The first-order valence-electron chi connectivity index (χ1n) is 9.53. The zero-order valence-corrected chi connectivity index (χ0v) is 16.2. The second-order valence-corrected chi connectivity index (χ2v) is 6.63. The van der Waals surface area contributed by atoms with Gasteiger partial charge >= 0.3 is 6.03 Å². The van der Waals surface area contributed by atoms with Crippen LogP contribution in [0, 0.1) is 0 Å². The van der Waals surface area contributed by atoms with Gasteiger partial charge in [0.1, 0.15) is 18.2 Å². The Kier molecular flexibility index (Phi) is 5.66. The molecule has 3 aromatic rings. The van der Waals surface area contributed by atoms with E-state index in [-0.39, 0.29) is 12.6 Å². The lowest BCUT2D eigenvalue weighted by Crippen LogP contribution is -2.43. The number of carbonyl (C=O) groups is 2. The summed E-state index contributed by atoms with van der Waals surface area (Å²) in [6.45, 7) is -0.00262. The molecule has 1 aliphatic rings. The molecule has 148 valence electrons. The average Bonchev–Trinajstić information content (AvgIpc) is 3.09. The molecule has 0 aromatic heterocycles. The molecule has 2 N–H and O–H groups in total. The fourth-order valence-corrected chi connectivity index (χ4v) is 3.06. The van der Waals surface area contributed by atoms with Crippen LogP contribution in [-0.2, 0) is 4.79 Å². The summed E-state index contributed by atoms with van der Waals surface area (Å²) >= 11 is 0. The first kappa shape index (κ1) is 19.1. The van der Waals surface area contributed by atoms with Crippen molar-refractivity contribution in [3.8, 4) is 0 Å². The molecular formula is C24H20N4O2. The molecule has 0 spiro atoms. The van der Waals surface area contributed by atoms with Gasteiger partial charge in [-0.1, -0.05) is 78.9 Å². The molecule has 3 aromatic carbocycles. The third kappa shape index (κ3) is 4.44. The van der Waals surface area contributed by atoms with Crippen molar-refractivity contribution in [3.63, 3.8) is 0 Å². The van der Waals surface area contributed by atoms with Crippen LogP contribution in [0.15, 0.2) is 102 Å². The highest BCUT2D eigenvalue weighted by Gasteiger charge is 2.31. The Morgan fingerprint density at radius 2 is 1.47 bits per heavy atom. The van der Waals surface area contributed by atoms with E-state index in [4.69, 9.17) is 0 Å². The molecule has 0 bridgehead atoms. The molecule has 0 aliphatic carbocycles. The minimum absolute atomic E-state index is 0.00262. The Morgan fingerprint density at radius 1 is 0.867 bits per heavy atom. The summed E-state index contributed by atoms with van der Waals surface area (Å²) in [7, 11) is 0. The number of rotatable bonds is 5. The molecule has 0 saturated heterocycles. The zero-order valence-electron chi connectivity index (χ0n) is 16.2. The molecule has 0 unspecified atom stereocenters. The third-order valence-electron chi connectivity index (χ3n) is 4.51. The molecule has 6 nitrogen and oxygen atoms in total. The lowest BCUT2D eigenvalue weighted by atomic mass is 10.2. The van der Waals surface area contributed by atoms with E-state index in [1.54, 1.807) is 18.2 Å². The quantitative estimate of drug-likeness (QED) is 0.638. The average molecular weight is 396 g/mol. The molecule has 6 heteroatoms. The van der Waals surface area contributed by atoms with Crippen molar-refractivity contribution in [2.75, 3.05) is 12.0 Å². The molecule has 4 rings (SSSR count). The van der Waals surface area contributed by atoms with E-state index in [9.17, 15) is 9.59 Å². The maximum Gasteiger partial charge on any atom is 0.320 e. The number of para-hydroxylation sites is 1. The van der Waals surface area contributed by atoms with Crippen molar-refractivity contribution in [3.05, 3.63) is 108 Å². The van der Waals surface area contributed by atoms with Crippen molar-refractivity contribution in [2.45, 2.75) is 0 Å². The van der Waals surface area contributed by atoms with Crippen LogP contribution in [0.5, 0.6) is 0 Å². The maximum absolute atomic E-state index is 13.0. The molecule has 30 heavy (non-hydrogen) atoms. The van der Waals surface area contributed by atoms with Gasteiger partial charge in [-0.25, -0.2) is 9.79 Å². The molecule has 1 heterocycles. The Balaban J connectivity index is 1.54. The summed E-state index contributed by atoms with van der Waals surface area (Å²) in [5.41, 5.74) is 2.68. The first-order valence-corrected chi connectivity index (χ1v) is 9.53. The van der Waals surface area contributed by atoms with Crippen LogP contribution in [0.4, 0.5) is 10.5 Å². The van der Waals surface area contributed by atoms with E-state index in [2.05, 4.69) is 15.6 Å². The van der Waals surface area contributed by atoms with E-state index in [0.29, 0.717) is 17.2 Å². The summed E-state index contributed by atoms with van der Waals surface area (Å²) < 4.78 is 0. The number of hydrogen-bond acceptors (Lipinski definition) is 3. The lowest BCUT2D eigenvalue weighted by molar-refractivity contribution is -0.122. The van der Waals surface area contributed by atoms with E-state index in [0.717, 1.165) is 11.1 Å². The normalized spacial score (nSPS) is 14.5. The highest BCUT2D eigenvalue weighted by atomic mass is 16.2.